The van der Waals surface area contributed by atoms with Crippen LogP contribution in [-0.2, 0) is 17.9 Å². The average molecular weight is 343 g/mol. The van der Waals surface area contributed by atoms with Crippen molar-refractivity contribution in [2.45, 2.75) is 20.1 Å². The molecule has 24 heavy (non-hydrogen) atoms. The molecule has 0 aliphatic heterocycles. The molecule has 3 rings (SSSR count). The second-order valence-corrected chi connectivity index (χ2v) is 6.05. The fourth-order valence-corrected chi connectivity index (χ4v) is 2.91. The summed E-state index contributed by atoms with van der Waals surface area (Å²) in [6.07, 6.45) is 5.34. The molecular formula is C16H17N5O2S. The number of amides is 1. The summed E-state index contributed by atoms with van der Waals surface area (Å²) in [7, 11) is 1.60. The van der Waals surface area contributed by atoms with E-state index in [1.54, 1.807) is 24.9 Å². The summed E-state index contributed by atoms with van der Waals surface area (Å²) in [5.74, 6) is 1.46. The van der Waals surface area contributed by atoms with Crippen molar-refractivity contribution in [1.82, 2.24) is 24.8 Å². The molecule has 7 nitrogen and oxygen atoms in total. The molecule has 0 fully saturated rings. The van der Waals surface area contributed by atoms with Crippen LogP contribution in [0.2, 0.25) is 0 Å². The number of rotatable bonds is 6. The molecule has 0 saturated carbocycles. The smallest absolute Gasteiger partial charge is 0.271 e. The molecule has 0 spiro atoms. The molecule has 0 bridgehead atoms. The second-order valence-electron chi connectivity index (χ2n) is 5.11. The van der Waals surface area contributed by atoms with Crippen LogP contribution < -0.4 is 5.32 Å². The van der Waals surface area contributed by atoms with E-state index in [0.717, 1.165) is 22.2 Å². The third-order valence-corrected chi connectivity index (χ3v) is 4.21. The Hall–Kier alpha value is -2.58. The highest BCUT2D eigenvalue weighted by atomic mass is 32.1. The van der Waals surface area contributed by atoms with Gasteiger partial charge in [-0.15, -0.1) is 11.3 Å². The second kappa shape index (κ2) is 7.33. The number of imidazole rings is 1. The quantitative estimate of drug-likeness (QED) is 0.741. The Morgan fingerprint density at radius 1 is 1.38 bits per heavy atom. The predicted octanol–water partition coefficient (Wildman–Crippen LogP) is 2.11. The highest BCUT2D eigenvalue weighted by Crippen LogP contribution is 2.11. The average Bonchev–Trinajstić information content (AvgIpc) is 3.23. The van der Waals surface area contributed by atoms with Gasteiger partial charge >= 0.3 is 0 Å². The Morgan fingerprint density at radius 3 is 2.92 bits per heavy atom. The van der Waals surface area contributed by atoms with Crippen LogP contribution >= 0.6 is 11.3 Å². The number of carbonyl (C=O) groups excluding carboxylic acids is 1. The van der Waals surface area contributed by atoms with Crippen LogP contribution in [0.1, 0.15) is 26.9 Å². The summed E-state index contributed by atoms with van der Waals surface area (Å²) in [6, 6.07) is 3.83. The van der Waals surface area contributed by atoms with Crippen molar-refractivity contribution >= 4 is 17.2 Å². The fraction of sp³-hybridized carbons (Fsp3) is 0.250. The van der Waals surface area contributed by atoms with Gasteiger partial charge in [-0.2, -0.15) is 0 Å². The third kappa shape index (κ3) is 3.66. The van der Waals surface area contributed by atoms with Crippen molar-refractivity contribution in [2.24, 2.45) is 0 Å². The van der Waals surface area contributed by atoms with Crippen molar-refractivity contribution in [2.75, 3.05) is 7.11 Å². The zero-order valence-electron chi connectivity index (χ0n) is 13.4. The first-order chi connectivity index (χ1) is 11.7. The zero-order chi connectivity index (χ0) is 16.9. The molecular weight excluding hydrogens is 326 g/mol. The number of nitrogens with one attached hydrogen (secondary N) is 1. The number of carbonyl (C=O) groups is 1. The number of ether oxygens (including phenoxy) is 1. The van der Waals surface area contributed by atoms with Crippen LogP contribution in [0.15, 0.2) is 36.1 Å². The summed E-state index contributed by atoms with van der Waals surface area (Å²) in [6.45, 7) is 2.73. The van der Waals surface area contributed by atoms with E-state index in [1.807, 2.05) is 29.8 Å². The van der Waals surface area contributed by atoms with Crippen molar-refractivity contribution in [3.05, 3.63) is 58.2 Å². The molecule has 0 aliphatic carbocycles. The van der Waals surface area contributed by atoms with Gasteiger partial charge in [0.1, 0.15) is 22.3 Å². The van der Waals surface area contributed by atoms with Gasteiger partial charge in [-0.25, -0.2) is 15.0 Å². The first kappa shape index (κ1) is 16.3. The van der Waals surface area contributed by atoms with E-state index in [9.17, 15) is 4.79 Å². The monoisotopic (exact) mass is 343 g/mol. The molecule has 124 valence electrons. The number of pyridine rings is 1. The standard InChI is InChI=1S/C16H17N5O2S/c1-11-17-5-6-21(11)14-4-3-12(7-18-14)8-19-16(22)13-10-24-15(20-13)9-23-2/h3-7,10H,8-9H2,1-2H3,(H,19,22). The number of methoxy groups -OCH3 is 1. The zero-order valence-corrected chi connectivity index (χ0v) is 14.2. The summed E-state index contributed by atoms with van der Waals surface area (Å²) in [5.41, 5.74) is 1.32. The van der Waals surface area contributed by atoms with E-state index in [2.05, 4.69) is 20.3 Å². The van der Waals surface area contributed by atoms with Crippen LogP contribution in [0.3, 0.4) is 0 Å². The number of hydrogen-bond donors (Lipinski definition) is 1. The Labute approximate surface area is 143 Å². The molecule has 0 aromatic carbocycles. The minimum atomic E-state index is -0.205. The van der Waals surface area contributed by atoms with Gasteiger partial charge in [0.15, 0.2) is 0 Å². The van der Waals surface area contributed by atoms with Gasteiger partial charge < -0.3 is 10.1 Å². The Balaban J connectivity index is 1.60. The summed E-state index contributed by atoms with van der Waals surface area (Å²) >= 11 is 1.41. The summed E-state index contributed by atoms with van der Waals surface area (Å²) in [5, 5.41) is 5.35. The first-order valence-electron chi connectivity index (χ1n) is 7.34. The topological polar surface area (TPSA) is 81.9 Å². The number of aryl methyl sites for hydroxylation is 1. The van der Waals surface area contributed by atoms with E-state index in [4.69, 9.17) is 4.74 Å². The van der Waals surface area contributed by atoms with Crippen LogP contribution in [0.4, 0.5) is 0 Å². The van der Waals surface area contributed by atoms with E-state index in [1.165, 1.54) is 11.3 Å². The maximum absolute atomic E-state index is 12.1. The first-order valence-corrected chi connectivity index (χ1v) is 8.22. The molecule has 1 N–H and O–H groups in total. The number of hydrogen-bond acceptors (Lipinski definition) is 6. The molecule has 0 saturated heterocycles. The SMILES string of the molecule is COCc1nc(C(=O)NCc2ccc(-n3ccnc3C)nc2)cs1. The molecule has 0 unspecified atom stereocenters. The van der Waals surface area contributed by atoms with E-state index >= 15 is 0 Å². The van der Waals surface area contributed by atoms with Crippen LogP contribution in [-0.4, -0.2) is 32.5 Å². The van der Waals surface area contributed by atoms with Crippen LogP contribution in [0, 0.1) is 6.92 Å². The predicted molar refractivity (Wildman–Crippen MR) is 90.1 cm³/mol. The molecule has 0 atom stereocenters. The van der Waals surface area contributed by atoms with Gasteiger partial charge in [0.05, 0.1) is 6.61 Å². The van der Waals surface area contributed by atoms with Crippen LogP contribution in [0.25, 0.3) is 5.82 Å². The number of nitrogens with zero attached hydrogens (tertiary/aromatic N) is 4. The van der Waals surface area contributed by atoms with E-state index < -0.39 is 0 Å². The van der Waals surface area contributed by atoms with Gasteiger partial charge in [-0.3, -0.25) is 9.36 Å². The van der Waals surface area contributed by atoms with Gasteiger partial charge in [0, 0.05) is 37.6 Å². The summed E-state index contributed by atoms with van der Waals surface area (Å²) in [4.78, 5) is 24.9. The number of thiazole rings is 1. The van der Waals surface area contributed by atoms with Crippen LogP contribution in [0.5, 0.6) is 0 Å². The lowest BCUT2D eigenvalue weighted by Gasteiger charge is -2.06. The van der Waals surface area contributed by atoms with Crippen molar-refractivity contribution in [3.63, 3.8) is 0 Å². The molecule has 3 aromatic rings. The Morgan fingerprint density at radius 2 is 2.25 bits per heavy atom. The minimum Gasteiger partial charge on any atom is -0.378 e. The van der Waals surface area contributed by atoms with E-state index in [-0.39, 0.29) is 5.91 Å². The molecule has 3 heterocycles. The van der Waals surface area contributed by atoms with Crippen molar-refractivity contribution < 1.29 is 9.53 Å². The third-order valence-electron chi connectivity index (χ3n) is 3.39. The molecule has 3 aromatic heterocycles. The minimum absolute atomic E-state index is 0.205. The van der Waals surface area contributed by atoms with Gasteiger partial charge in [-0.05, 0) is 18.6 Å². The molecule has 0 radical (unpaired) electrons. The highest BCUT2D eigenvalue weighted by Gasteiger charge is 2.10. The fourth-order valence-electron chi connectivity index (χ4n) is 2.16. The van der Waals surface area contributed by atoms with Gasteiger partial charge in [0.25, 0.3) is 5.91 Å². The largest absolute Gasteiger partial charge is 0.378 e. The van der Waals surface area contributed by atoms with Crippen molar-refractivity contribution in [3.8, 4) is 5.82 Å². The lowest BCUT2D eigenvalue weighted by atomic mass is 10.2. The van der Waals surface area contributed by atoms with E-state index in [0.29, 0.717) is 18.8 Å². The summed E-state index contributed by atoms with van der Waals surface area (Å²) < 4.78 is 6.90. The lowest BCUT2D eigenvalue weighted by molar-refractivity contribution is 0.0946. The lowest BCUT2D eigenvalue weighted by Crippen LogP contribution is -2.23. The maximum Gasteiger partial charge on any atom is 0.271 e. The highest BCUT2D eigenvalue weighted by molar-refractivity contribution is 7.09. The van der Waals surface area contributed by atoms with Crippen molar-refractivity contribution in [1.29, 1.82) is 0 Å². The Kier molecular flexibility index (Phi) is 4.97. The Bertz CT molecular complexity index is 825. The molecule has 1 amide bonds. The van der Waals surface area contributed by atoms with Gasteiger partial charge in [0.2, 0.25) is 0 Å². The molecule has 0 aliphatic rings. The number of aromatic nitrogens is 4. The molecule has 8 heteroatoms. The maximum atomic E-state index is 12.1. The van der Waals surface area contributed by atoms with Gasteiger partial charge in [-0.1, -0.05) is 6.07 Å². The normalized spacial score (nSPS) is 10.8.